The minimum absolute atomic E-state index is 0.0651. The molecule has 1 aromatic heterocycles. The third-order valence-corrected chi connectivity index (χ3v) is 3.12. The number of nitrogens with zero attached hydrogens (tertiary/aromatic N) is 2. The Morgan fingerprint density at radius 1 is 1.47 bits per heavy atom. The third-order valence-electron chi connectivity index (χ3n) is 3.12. The monoisotopic (exact) mass is 263 g/mol. The van der Waals surface area contributed by atoms with E-state index in [1.54, 1.807) is 6.08 Å². The maximum atomic E-state index is 11.6. The largest absolute Gasteiger partial charge is 0.353 e. The average molecular weight is 263 g/mol. The first-order valence-electron chi connectivity index (χ1n) is 6.86. The summed E-state index contributed by atoms with van der Waals surface area (Å²) in [4.78, 5) is 11.6. The van der Waals surface area contributed by atoms with Crippen LogP contribution in [0.3, 0.4) is 0 Å². The van der Waals surface area contributed by atoms with Gasteiger partial charge in [-0.3, -0.25) is 9.48 Å². The molecule has 1 aromatic rings. The molecule has 0 spiro atoms. The second kappa shape index (κ2) is 7.12. The summed E-state index contributed by atoms with van der Waals surface area (Å²) in [6.07, 6.45) is 2.94. The van der Waals surface area contributed by atoms with E-state index in [4.69, 9.17) is 0 Å². The lowest BCUT2D eigenvalue weighted by Gasteiger charge is -2.08. The van der Waals surface area contributed by atoms with Crippen LogP contribution in [0, 0.1) is 19.8 Å². The first-order chi connectivity index (χ1) is 8.95. The number of aryl methyl sites for hydroxylation is 1. The highest BCUT2D eigenvalue weighted by molar-refractivity contribution is 5.76. The molecule has 4 heteroatoms. The Bertz CT molecular complexity index is 446. The Morgan fingerprint density at radius 3 is 2.74 bits per heavy atom. The summed E-state index contributed by atoms with van der Waals surface area (Å²) in [6.45, 7) is 13.5. The van der Waals surface area contributed by atoms with Gasteiger partial charge in [-0.05, 0) is 31.7 Å². The number of carbonyl (C=O) groups excluding carboxylic acids is 1. The van der Waals surface area contributed by atoms with Gasteiger partial charge in [0.05, 0.1) is 5.69 Å². The summed E-state index contributed by atoms with van der Waals surface area (Å²) < 4.78 is 2.05. The molecule has 0 fully saturated rings. The molecule has 106 valence electrons. The van der Waals surface area contributed by atoms with E-state index in [9.17, 15) is 4.79 Å². The van der Waals surface area contributed by atoms with Crippen molar-refractivity contribution in [2.75, 3.05) is 6.54 Å². The summed E-state index contributed by atoms with van der Waals surface area (Å²) >= 11 is 0. The molecule has 0 unspecified atom stereocenters. The first kappa shape index (κ1) is 15.5. The standard InChI is InChI=1S/C15H25N3O/c1-6-9-16-15(19)8-7-14-12(4)17-18(13(14)5)10-11(2)3/h6,11H,1,7-10H2,2-5H3,(H,16,19). The van der Waals surface area contributed by atoms with E-state index < -0.39 is 0 Å². The van der Waals surface area contributed by atoms with Crippen molar-refractivity contribution < 1.29 is 4.79 Å². The Labute approximate surface area is 115 Å². The normalized spacial score (nSPS) is 10.8. The number of aromatic nitrogens is 2. The predicted molar refractivity (Wildman–Crippen MR) is 78.1 cm³/mol. The Balaban J connectivity index is 2.65. The third kappa shape index (κ3) is 4.54. The van der Waals surface area contributed by atoms with Gasteiger partial charge in [-0.1, -0.05) is 19.9 Å². The van der Waals surface area contributed by atoms with Crippen LogP contribution in [0.1, 0.15) is 37.2 Å². The second-order valence-corrected chi connectivity index (χ2v) is 5.32. The molecule has 0 radical (unpaired) electrons. The minimum Gasteiger partial charge on any atom is -0.353 e. The van der Waals surface area contributed by atoms with E-state index in [-0.39, 0.29) is 5.91 Å². The molecule has 1 amide bonds. The maximum absolute atomic E-state index is 11.6. The van der Waals surface area contributed by atoms with E-state index in [1.807, 2.05) is 6.92 Å². The van der Waals surface area contributed by atoms with Crippen molar-refractivity contribution in [3.8, 4) is 0 Å². The Kier molecular flexibility index (Phi) is 5.80. The lowest BCUT2D eigenvalue weighted by atomic mass is 10.1. The molecule has 0 saturated heterocycles. The van der Waals surface area contributed by atoms with E-state index in [1.165, 1.54) is 11.3 Å². The van der Waals surface area contributed by atoms with Gasteiger partial charge in [-0.25, -0.2) is 0 Å². The maximum Gasteiger partial charge on any atom is 0.220 e. The van der Waals surface area contributed by atoms with Crippen LogP contribution in [-0.2, 0) is 17.8 Å². The van der Waals surface area contributed by atoms with Crippen LogP contribution >= 0.6 is 0 Å². The Hall–Kier alpha value is -1.58. The number of hydrogen-bond donors (Lipinski definition) is 1. The topological polar surface area (TPSA) is 46.9 Å². The highest BCUT2D eigenvalue weighted by atomic mass is 16.1. The van der Waals surface area contributed by atoms with Crippen LogP contribution < -0.4 is 5.32 Å². The van der Waals surface area contributed by atoms with E-state index in [0.29, 0.717) is 18.9 Å². The smallest absolute Gasteiger partial charge is 0.220 e. The van der Waals surface area contributed by atoms with Gasteiger partial charge in [0.1, 0.15) is 0 Å². The van der Waals surface area contributed by atoms with Gasteiger partial charge in [-0.15, -0.1) is 6.58 Å². The van der Waals surface area contributed by atoms with Crippen LogP contribution in [0.4, 0.5) is 0 Å². The van der Waals surface area contributed by atoms with Crippen molar-refractivity contribution in [3.63, 3.8) is 0 Å². The van der Waals surface area contributed by atoms with Crippen molar-refractivity contribution in [2.24, 2.45) is 5.92 Å². The van der Waals surface area contributed by atoms with Crippen molar-refractivity contribution in [2.45, 2.75) is 47.1 Å². The zero-order chi connectivity index (χ0) is 14.4. The van der Waals surface area contributed by atoms with Crippen LogP contribution in [-0.4, -0.2) is 22.2 Å². The molecule has 0 atom stereocenters. The highest BCUT2D eigenvalue weighted by Crippen LogP contribution is 2.16. The number of nitrogens with one attached hydrogen (secondary N) is 1. The van der Waals surface area contributed by atoms with E-state index >= 15 is 0 Å². The summed E-state index contributed by atoms with van der Waals surface area (Å²) in [7, 11) is 0. The molecule has 4 nitrogen and oxygen atoms in total. The van der Waals surface area contributed by atoms with Crippen molar-refractivity contribution >= 4 is 5.91 Å². The zero-order valence-corrected chi connectivity index (χ0v) is 12.5. The second-order valence-electron chi connectivity index (χ2n) is 5.32. The molecular formula is C15H25N3O. The molecular weight excluding hydrogens is 238 g/mol. The molecule has 0 bridgehead atoms. The van der Waals surface area contributed by atoms with Crippen LogP contribution in [0.25, 0.3) is 0 Å². The van der Waals surface area contributed by atoms with E-state index in [2.05, 4.69) is 42.4 Å². The van der Waals surface area contributed by atoms with Gasteiger partial charge in [-0.2, -0.15) is 5.10 Å². The summed E-state index contributed by atoms with van der Waals surface area (Å²) in [5.41, 5.74) is 3.42. The molecule has 0 aromatic carbocycles. The fourth-order valence-electron chi connectivity index (χ4n) is 2.13. The lowest BCUT2D eigenvalue weighted by Crippen LogP contribution is -2.23. The zero-order valence-electron chi connectivity index (χ0n) is 12.5. The fourth-order valence-corrected chi connectivity index (χ4v) is 2.13. The number of amides is 1. The van der Waals surface area contributed by atoms with Crippen LogP contribution in [0.2, 0.25) is 0 Å². The molecule has 0 saturated carbocycles. The van der Waals surface area contributed by atoms with Crippen molar-refractivity contribution in [1.29, 1.82) is 0 Å². The molecule has 19 heavy (non-hydrogen) atoms. The Morgan fingerprint density at radius 2 is 2.16 bits per heavy atom. The van der Waals surface area contributed by atoms with Crippen LogP contribution in [0.5, 0.6) is 0 Å². The molecule has 1 N–H and O–H groups in total. The fraction of sp³-hybridized carbons (Fsp3) is 0.600. The van der Waals surface area contributed by atoms with Gasteiger partial charge in [0.2, 0.25) is 5.91 Å². The minimum atomic E-state index is 0.0651. The van der Waals surface area contributed by atoms with Crippen molar-refractivity contribution in [1.82, 2.24) is 15.1 Å². The molecule has 0 aliphatic carbocycles. The summed E-state index contributed by atoms with van der Waals surface area (Å²) in [6, 6.07) is 0. The number of carbonyl (C=O) groups is 1. The highest BCUT2D eigenvalue weighted by Gasteiger charge is 2.13. The van der Waals surface area contributed by atoms with Crippen LogP contribution in [0.15, 0.2) is 12.7 Å². The first-order valence-corrected chi connectivity index (χ1v) is 6.86. The van der Waals surface area contributed by atoms with Crippen molar-refractivity contribution in [3.05, 3.63) is 29.6 Å². The van der Waals surface area contributed by atoms with E-state index in [0.717, 1.165) is 18.7 Å². The number of hydrogen-bond acceptors (Lipinski definition) is 2. The molecule has 0 aliphatic rings. The number of rotatable bonds is 7. The lowest BCUT2D eigenvalue weighted by molar-refractivity contribution is -0.120. The van der Waals surface area contributed by atoms with Gasteiger partial charge in [0.15, 0.2) is 0 Å². The predicted octanol–water partition coefficient (Wildman–Crippen LogP) is 2.39. The molecule has 1 heterocycles. The molecule has 0 aliphatic heterocycles. The average Bonchev–Trinajstić information content (AvgIpc) is 2.59. The molecule has 1 rings (SSSR count). The summed E-state index contributed by atoms with van der Waals surface area (Å²) in [5.74, 6) is 0.636. The van der Waals surface area contributed by atoms with Gasteiger partial charge in [0, 0.05) is 25.2 Å². The quantitative estimate of drug-likeness (QED) is 0.768. The van der Waals surface area contributed by atoms with Gasteiger partial charge >= 0.3 is 0 Å². The SMILES string of the molecule is C=CCNC(=O)CCc1c(C)nn(CC(C)C)c1C. The van der Waals surface area contributed by atoms with Gasteiger partial charge in [0.25, 0.3) is 0 Å². The summed E-state index contributed by atoms with van der Waals surface area (Å²) in [5, 5.41) is 7.36. The van der Waals surface area contributed by atoms with Gasteiger partial charge < -0.3 is 5.32 Å².